The quantitative estimate of drug-likeness (QED) is 0.468. The number of amides is 2. The van der Waals surface area contributed by atoms with Crippen LogP contribution in [0.4, 0.5) is 5.82 Å². The molecule has 38 heavy (non-hydrogen) atoms. The Bertz CT molecular complexity index is 1070. The predicted octanol–water partition coefficient (Wildman–Crippen LogP) is 2.49. The van der Waals surface area contributed by atoms with Crippen molar-refractivity contribution in [3.05, 3.63) is 53.5 Å². The Kier molecular flexibility index (Phi) is 10.1. The van der Waals surface area contributed by atoms with Gasteiger partial charge in [-0.3, -0.25) is 14.5 Å². The van der Waals surface area contributed by atoms with Gasteiger partial charge in [0.2, 0.25) is 5.91 Å². The fourth-order valence-electron chi connectivity index (χ4n) is 5.50. The van der Waals surface area contributed by atoms with Crippen LogP contribution in [-0.4, -0.2) is 88.6 Å². The molecule has 2 N–H and O–H groups in total. The van der Waals surface area contributed by atoms with E-state index in [0.717, 1.165) is 71.4 Å². The maximum Gasteiger partial charge on any atom is 0.270 e. The van der Waals surface area contributed by atoms with Crippen LogP contribution < -0.4 is 10.2 Å². The lowest BCUT2D eigenvalue weighted by Crippen LogP contribution is -2.43. The second kappa shape index (κ2) is 13.7. The number of hydrogen-bond donors (Lipinski definition) is 2. The van der Waals surface area contributed by atoms with Crippen LogP contribution in [0.3, 0.4) is 0 Å². The number of aromatic nitrogens is 2. The monoisotopic (exact) mass is 522 g/mol. The minimum absolute atomic E-state index is 0.0452. The summed E-state index contributed by atoms with van der Waals surface area (Å²) in [6.45, 7) is 9.67. The topological polar surface area (TPSA) is 102 Å². The average molecular weight is 523 g/mol. The maximum absolute atomic E-state index is 13.0. The van der Waals surface area contributed by atoms with E-state index >= 15 is 0 Å². The molecule has 1 fully saturated rings. The van der Waals surface area contributed by atoms with Crippen molar-refractivity contribution < 1.29 is 14.7 Å². The number of β-amino-alcohol motifs (C(OH)–C–C–N with tert-alkyl or cyclic N) is 1. The first-order chi connectivity index (χ1) is 18.5. The van der Waals surface area contributed by atoms with Crippen molar-refractivity contribution >= 4 is 17.6 Å². The molecule has 2 aliphatic rings. The Hall–Kier alpha value is -3.04. The van der Waals surface area contributed by atoms with Crippen LogP contribution in [0.2, 0.25) is 0 Å². The van der Waals surface area contributed by atoms with Gasteiger partial charge in [0.05, 0.1) is 6.10 Å². The molecule has 9 nitrogen and oxygen atoms in total. The average Bonchev–Trinajstić information content (AvgIpc) is 2.95. The molecule has 0 bridgehead atoms. The number of hydrogen-bond acceptors (Lipinski definition) is 7. The summed E-state index contributed by atoms with van der Waals surface area (Å²) in [4.78, 5) is 40.7. The van der Waals surface area contributed by atoms with E-state index in [0.29, 0.717) is 12.4 Å². The number of aliphatic hydroxyl groups excluding tert-OH is 1. The van der Waals surface area contributed by atoms with Crippen LogP contribution in [0.1, 0.15) is 61.1 Å². The Labute approximate surface area is 226 Å². The van der Waals surface area contributed by atoms with Gasteiger partial charge in [-0.15, -0.1) is 0 Å². The van der Waals surface area contributed by atoms with Crippen molar-refractivity contribution in [1.29, 1.82) is 0 Å². The van der Waals surface area contributed by atoms with Crippen LogP contribution in [0.15, 0.2) is 36.7 Å². The summed E-state index contributed by atoms with van der Waals surface area (Å²) in [5, 5.41) is 13.4. The van der Waals surface area contributed by atoms with Crippen molar-refractivity contribution in [2.75, 3.05) is 50.7 Å². The smallest absolute Gasteiger partial charge is 0.270 e. The molecule has 2 aromatic rings. The highest BCUT2D eigenvalue weighted by atomic mass is 16.3. The molecule has 1 aromatic heterocycles. The van der Waals surface area contributed by atoms with Crippen molar-refractivity contribution in [3.63, 3.8) is 0 Å². The largest absolute Gasteiger partial charge is 0.390 e. The molecule has 1 atom stereocenters. The Morgan fingerprint density at radius 2 is 1.79 bits per heavy atom. The van der Waals surface area contributed by atoms with Gasteiger partial charge < -0.3 is 20.2 Å². The number of anilines is 1. The molecule has 4 rings (SSSR count). The summed E-state index contributed by atoms with van der Waals surface area (Å²) < 4.78 is 0. The summed E-state index contributed by atoms with van der Waals surface area (Å²) in [5.41, 5.74) is 2.96. The standard InChI is InChI=1S/C29H42N6O3/c1-3-12-35(13-4-2)29(38)23-10-15-34(16-11-23)27-17-26(31-21-32-27)28(37)30-18-25(36)20-33-14-9-22-7-5-6-8-24(22)19-33/h5-8,17,21,23,25,36H,3-4,9-16,18-20H2,1-2H3,(H,30,37)/t25-/m0/s1. The van der Waals surface area contributed by atoms with Crippen LogP contribution in [-0.2, 0) is 17.8 Å². The zero-order valence-electron chi connectivity index (χ0n) is 22.8. The maximum atomic E-state index is 13.0. The molecule has 9 heteroatoms. The first-order valence-corrected chi connectivity index (χ1v) is 14.1. The van der Waals surface area contributed by atoms with Gasteiger partial charge >= 0.3 is 0 Å². The molecule has 206 valence electrons. The van der Waals surface area contributed by atoms with Gasteiger partial charge in [0, 0.05) is 64.3 Å². The molecule has 1 aromatic carbocycles. The van der Waals surface area contributed by atoms with Crippen molar-refractivity contribution in [2.24, 2.45) is 5.92 Å². The first kappa shape index (κ1) is 28.0. The van der Waals surface area contributed by atoms with Gasteiger partial charge in [-0.1, -0.05) is 38.1 Å². The van der Waals surface area contributed by atoms with E-state index in [-0.39, 0.29) is 30.0 Å². The molecule has 2 amide bonds. The number of benzene rings is 1. The molecule has 0 spiro atoms. The van der Waals surface area contributed by atoms with Crippen molar-refractivity contribution in [2.45, 2.75) is 58.6 Å². The lowest BCUT2D eigenvalue weighted by Gasteiger charge is -2.34. The number of fused-ring (bicyclic) bond motifs is 1. The molecular formula is C29H42N6O3. The van der Waals surface area contributed by atoms with Crippen molar-refractivity contribution in [1.82, 2.24) is 25.1 Å². The number of aliphatic hydroxyl groups is 1. The summed E-state index contributed by atoms with van der Waals surface area (Å²) in [6, 6.07) is 10.1. The highest BCUT2D eigenvalue weighted by molar-refractivity contribution is 5.92. The van der Waals surface area contributed by atoms with E-state index in [4.69, 9.17) is 0 Å². The Morgan fingerprint density at radius 1 is 1.08 bits per heavy atom. The first-order valence-electron chi connectivity index (χ1n) is 14.1. The fraction of sp³-hybridized carbons (Fsp3) is 0.586. The van der Waals surface area contributed by atoms with Crippen LogP contribution in [0.25, 0.3) is 0 Å². The lowest BCUT2D eigenvalue weighted by atomic mass is 9.95. The zero-order valence-corrected chi connectivity index (χ0v) is 22.8. The van der Waals surface area contributed by atoms with Gasteiger partial charge in [0.25, 0.3) is 5.91 Å². The third-order valence-corrected chi connectivity index (χ3v) is 7.53. The summed E-state index contributed by atoms with van der Waals surface area (Å²) >= 11 is 0. The summed E-state index contributed by atoms with van der Waals surface area (Å²) in [6.07, 6.45) is 5.22. The number of carbonyl (C=O) groups excluding carboxylic acids is 2. The molecule has 2 aliphatic heterocycles. The number of nitrogens with zero attached hydrogens (tertiary/aromatic N) is 5. The number of nitrogens with one attached hydrogen (secondary N) is 1. The molecule has 0 unspecified atom stereocenters. The minimum Gasteiger partial charge on any atom is -0.390 e. The van der Waals surface area contributed by atoms with Gasteiger partial charge in [0.15, 0.2) is 0 Å². The number of piperidine rings is 1. The van der Waals surface area contributed by atoms with E-state index in [2.05, 4.69) is 57.1 Å². The summed E-state index contributed by atoms with van der Waals surface area (Å²) in [5.74, 6) is 0.686. The van der Waals surface area contributed by atoms with E-state index < -0.39 is 6.10 Å². The second-order valence-corrected chi connectivity index (χ2v) is 10.5. The van der Waals surface area contributed by atoms with Gasteiger partial charge in [0.1, 0.15) is 17.8 Å². The summed E-state index contributed by atoms with van der Waals surface area (Å²) in [7, 11) is 0. The van der Waals surface area contributed by atoms with E-state index in [1.807, 2.05) is 11.0 Å². The van der Waals surface area contributed by atoms with Gasteiger partial charge in [-0.2, -0.15) is 0 Å². The zero-order chi connectivity index (χ0) is 26.9. The van der Waals surface area contributed by atoms with Gasteiger partial charge in [-0.05, 0) is 43.2 Å². The highest BCUT2D eigenvalue weighted by Gasteiger charge is 2.29. The van der Waals surface area contributed by atoms with Gasteiger partial charge in [-0.25, -0.2) is 9.97 Å². The van der Waals surface area contributed by atoms with E-state index in [1.165, 1.54) is 17.5 Å². The third-order valence-electron chi connectivity index (χ3n) is 7.53. The number of carbonyl (C=O) groups is 2. The molecule has 0 aliphatic carbocycles. The SMILES string of the molecule is CCCN(CCC)C(=O)C1CCN(c2cc(C(=O)NC[C@H](O)CN3CCc4ccccc4C3)ncn2)CC1. The van der Waals surface area contributed by atoms with Crippen LogP contribution >= 0.6 is 0 Å². The molecular weight excluding hydrogens is 480 g/mol. The highest BCUT2D eigenvalue weighted by Crippen LogP contribution is 2.24. The fourth-order valence-corrected chi connectivity index (χ4v) is 5.50. The van der Waals surface area contributed by atoms with E-state index in [9.17, 15) is 14.7 Å². The predicted molar refractivity (Wildman–Crippen MR) is 148 cm³/mol. The van der Waals surface area contributed by atoms with E-state index in [1.54, 1.807) is 6.07 Å². The second-order valence-electron chi connectivity index (χ2n) is 10.5. The molecule has 0 radical (unpaired) electrons. The Morgan fingerprint density at radius 3 is 2.50 bits per heavy atom. The van der Waals surface area contributed by atoms with Crippen LogP contribution in [0, 0.1) is 5.92 Å². The Balaban J connectivity index is 1.24. The molecule has 0 saturated carbocycles. The molecule has 3 heterocycles. The normalized spacial score (nSPS) is 17.1. The minimum atomic E-state index is -0.665. The molecule has 1 saturated heterocycles. The van der Waals surface area contributed by atoms with Crippen LogP contribution in [0.5, 0.6) is 0 Å². The lowest BCUT2D eigenvalue weighted by molar-refractivity contribution is -0.136. The third kappa shape index (κ3) is 7.29. The van der Waals surface area contributed by atoms with Crippen molar-refractivity contribution in [3.8, 4) is 0 Å². The number of rotatable bonds is 11.